The predicted octanol–water partition coefficient (Wildman–Crippen LogP) is 4.96. The van der Waals surface area contributed by atoms with Gasteiger partial charge in [0.25, 0.3) is 0 Å². The van der Waals surface area contributed by atoms with E-state index in [2.05, 4.69) is 25.3 Å². The van der Waals surface area contributed by atoms with E-state index in [1.165, 1.54) is 0 Å². The summed E-state index contributed by atoms with van der Waals surface area (Å²) in [6.45, 7) is 2.38. The first-order valence-corrected chi connectivity index (χ1v) is 10.5. The third-order valence-corrected chi connectivity index (χ3v) is 5.94. The number of imidazole rings is 2. The van der Waals surface area contributed by atoms with E-state index in [0.29, 0.717) is 29.5 Å². The van der Waals surface area contributed by atoms with Crippen molar-refractivity contribution in [2.24, 2.45) is 0 Å². The molecule has 1 N–H and O–H groups in total. The first-order valence-electron chi connectivity index (χ1n) is 10.1. The first kappa shape index (κ1) is 20.7. The molecule has 7 nitrogen and oxygen atoms in total. The van der Waals surface area contributed by atoms with Gasteiger partial charge in [-0.15, -0.1) is 0 Å². The van der Waals surface area contributed by atoms with Crippen LogP contribution in [0.1, 0.15) is 36.2 Å². The number of hydrogen-bond donors (Lipinski definition) is 1. The molecule has 0 saturated carbocycles. The van der Waals surface area contributed by atoms with Crippen LogP contribution in [0, 0.1) is 0 Å². The number of benzene rings is 1. The Kier molecular flexibility index (Phi) is 4.85. The third kappa shape index (κ3) is 3.48. The molecule has 1 atom stereocenters. The molecule has 0 bridgehead atoms. The second-order valence-corrected chi connectivity index (χ2v) is 8.19. The van der Waals surface area contributed by atoms with E-state index < -0.39 is 11.9 Å². The third-order valence-electron chi connectivity index (χ3n) is 5.76. The second kappa shape index (κ2) is 7.47. The Bertz CT molecular complexity index is 1330. The van der Waals surface area contributed by atoms with Gasteiger partial charge in [-0.3, -0.25) is 4.57 Å². The molecule has 0 radical (unpaired) electrons. The molecule has 1 aliphatic rings. The fourth-order valence-electron chi connectivity index (χ4n) is 4.16. The van der Waals surface area contributed by atoms with Gasteiger partial charge >= 0.3 is 6.18 Å². The van der Waals surface area contributed by atoms with Gasteiger partial charge in [-0.2, -0.15) is 18.2 Å². The predicted molar refractivity (Wildman–Crippen MR) is 115 cm³/mol. The van der Waals surface area contributed by atoms with Crippen LogP contribution in [0.5, 0.6) is 0 Å². The van der Waals surface area contributed by atoms with E-state index in [1.807, 2.05) is 29.7 Å². The molecule has 0 aliphatic carbocycles. The van der Waals surface area contributed by atoms with Crippen LogP contribution in [0.25, 0.3) is 22.6 Å². The number of anilines is 1. The Morgan fingerprint density at radius 2 is 2.03 bits per heavy atom. The highest BCUT2D eigenvalue weighted by molar-refractivity contribution is 6.28. The molecule has 0 saturated heterocycles. The summed E-state index contributed by atoms with van der Waals surface area (Å²) >= 11 is 5.98. The van der Waals surface area contributed by atoms with E-state index >= 15 is 0 Å². The summed E-state index contributed by atoms with van der Waals surface area (Å²) in [5.41, 5.74) is 3.01. The molecule has 1 aliphatic heterocycles. The van der Waals surface area contributed by atoms with Crippen molar-refractivity contribution in [1.82, 2.24) is 29.1 Å². The molecule has 3 aromatic heterocycles. The highest BCUT2D eigenvalue weighted by Crippen LogP contribution is 2.37. The molecule has 4 heterocycles. The first-order chi connectivity index (χ1) is 15.2. The van der Waals surface area contributed by atoms with Crippen molar-refractivity contribution in [2.75, 3.05) is 12.4 Å². The van der Waals surface area contributed by atoms with E-state index in [4.69, 9.17) is 11.6 Å². The molecular weight excluding hydrogens is 443 g/mol. The van der Waals surface area contributed by atoms with Gasteiger partial charge in [0.15, 0.2) is 11.3 Å². The van der Waals surface area contributed by atoms with Crippen molar-refractivity contribution in [1.29, 1.82) is 0 Å². The van der Waals surface area contributed by atoms with E-state index in [1.54, 1.807) is 17.8 Å². The quantitative estimate of drug-likeness (QED) is 0.436. The molecule has 1 unspecified atom stereocenters. The summed E-state index contributed by atoms with van der Waals surface area (Å²) in [5, 5.41) is 3.18. The summed E-state index contributed by atoms with van der Waals surface area (Å²) in [6, 6.07) is 5.68. The molecule has 5 rings (SSSR count). The van der Waals surface area contributed by atoms with Crippen molar-refractivity contribution in [3.63, 3.8) is 0 Å². The Labute approximate surface area is 186 Å². The van der Waals surface area contributed by atoms with Crippen LogP contribution in [0.2, 0.25) is 5.28 Å². The van der Waals surface area contributed by atoms with Crippen LogP contribution in [0.4, 0.5) is 19.1 Å². The highest BCUT2D eigenvalue weighted by Gasteiger charge is 2.36. The topological polar surface area (TPSA) is 73.5 Å². The zero-order valence-electron chi connectivity index (χ0n) is 17.3. The average molecular weight is 462 g/mol. The van der Waals surface area contributed by atoms with Crippen LogP contribution in [0.3, 0.4) is 0 Å². The normalized spacial score (nSPS) is 16.0. The number of hydrogen-bond acceptors (Lipinski definition) is 5. The summed E-state index contributed by atoms with van der Waals surface area (Å²) in [7, 11) is 1.77. The molecule has 11 heteroatoms. The van der Waals surface area contributed by atoms with Gasteiger partial charge in [-0.05, 0) is 42.5 Å². The van der Waals surface area contributed by atoms with Gasteiger partial charge in [0.2, 0.25) is 11.2 Å². The molecule has 4 aromatic rings. The van der Waals surface area contributed by atoms with Gasteiger partial charge in [0, 0.05) is 24.8 Å². The minimum atomic E-state index is -4.48. The Morgan fingerprint density at radius 3 is 2.78 bits per heavy atom. The smallest absolute Gasteiger partial charge is 0.359 e. The van der Waals surface area contributed by atoms with Crippen LogP contribution >= 0.6 is 11.6 Å². The lowest BCUT2D eigenvalue weighted by atomic mass is 9.99. The number of alkyl halides is 3. The zero-order chi connectivity index (χ0) is 22.6. The van der Waals surface area contributed by atoms with Crippen LogP contribution in [-0.4, -0.2) is 36.1 Å². The summed E-state index contributed by atoms with van der Waals surface area (Å²) in [4.78, 5) is 16.7. The number of nitrogens with one attached hydrogen (secondary N) is 1. The Morgan fingerprint density at radius 1 is 1.22 bits per heavy atom. The number of rotatable bonds is 3. The van der Waals surface area contributed by atoms with E-state index in [9.17, 15) is 13.2 Å². The van der Waals surface area contributed by atoms with Crippen LogP contribution in [-0.2, 0) is 19.1 Å². The zero-order valence-corrected chi connectivity index (χ0v) is 18.0. The summed E-state index contributed by atoms with van der Waals surface area (Å²) in [5.74, 6) is 0.970. The van der Waals surface area contributed by atoms with Gasteiger partial charge in [-0.25, -0.2) is 15.0 Å². The average Bonchev–Trinajstić information content (AvgIpc) is 3.31. The van der Waals surface area contributed by atoms with Gasteiger partial charge in [0.1, 0.15) is 11.3 Å². The van der Waals surface area contributed by atoms with Crippen molar-refractivity contribution in [3.05, 3.63) is 52.7 Å². The molecule has 32 heavy (non-hydrogen) atoms. The number of halogens is 4. The minimum Gasteiger partial charge on any atom is -0.359 e. The van der Waals surface area contributed by atoms with Crippen molar-refractivity contribution < 1.29 is 13.2 Å². The lowest BCUT2D eigenvalue weighted by Gasteiger charge is -2.12. The summed E-state index contributed by atoms with van der Waals surface area (Å²) < 4.78 is 43.3. The van der Waals surface area contributed by atoms with Crippen LogP contribution in [0.15, 0.2) is 30.6 Å². The standard InChI is InChI=1S/C21H19ClF3N7/c1-11-3-5-13-7-12(4-6-14(13)17-29-16(10-31(11)17)21(23,24)25)9-32-18-15(28-20(32)26-2)8-27-19(22)30-18/h4,6-8,10-11H,3,5,9H2,1-2H3,(H,26,28). The summed E-state index contributed by atoms with van der Waals surface area (Å²) in [6.07, 6.45) is -0.335. The van der Waals surface area contributed by atoms with Gasteiger partial charge in [-0.1, -0.05) is 18.2 Å². The number of nitrogens with zero attached hydrogens (tertiary/aromatic N) is 6. The lowest BCUT2D eigenvalue weighted by Crippen LogP contribution is -2.07. The van der Waals surface area contributed by atoms with Crippen molar-refractivity contribution in [2.45, 2.75) is 38.5 Å². The highest BCUT2D eigenvalue weighted by atomic mass is 35.5. The molecule has 0 spiro atoms. The number of aromatic nitrogens is 6. The van der Waals surface area contributed by atoms with Crippen molar-refractivity contribution >= 4 is 28.7 Å². The minimum absolute atomic E-state index is 0.0863. The maximum Gasteiger partial charge on any atom is 0.434 e. The Balaban J connectivity index is 1.56. The second-order valence-electron chi connectivity index (χ2n) is 7.85. The number of aryl methyl sites for hydroxylation is 1. The Hall–Kier alpha value is -3.14. The fraction of sp³-hybridized carbons (Fsp3) is 0.333. The maximum absolute atomic E-state index is 13.3. The van der Waals surface area contributed by atoms with E-state index in [-0.39, 0.29) is 11.3 Å². The molecular formula is C21H19ClF3N7. The monoisotopic (exact) mass is 461 g/mol. The van der Waals surface area contributed by atoms with E-state index in [0.717, 1.165) is 35.7 Å². The molecule has 0 fully saturated rings. The fourth-order valence-corrected chi connectivity index (χ4v) is 4.29. The lowest BCUT2D eigenvalue weighted by molar-refractivity contribution is -0.140. The SMILES string of the molecule is CNc1nc2cnc(Cl)nc2n1Cc1ccc2c(c1)CCC(C)n1cc(C(F)(F)F)nc1-2. The van der Waals surface area contributed by atoms with Crippen LogP contribution < -0.4 is 5.32 Å². The largest absolute Gasteiger partial charge is 0.434 e. The molecule has 1 aromatic carbocycles. The van der Waals surface area contributed by atoms with Gasteiger partial charge < -0.3 is 9.88 Å². The molecule has 0 amide bonds. The van der Waals surface area contributed by atoms with Gasteiger partial charge in [0.05, 0.1) is 12.7 Å². The number of fused-ring (bicyclic) bond motifs is 4. The molecule has 166 valence electrons. The maximum atomic E-state index is 13.3. The van der Waals surface area contributed by atoms with Crippen molar-refractivity contribution in [3.8, 4) is 11.4 Å².